The Morgan fingerprint density at radius 1 is 1.24 bits per heavy atom. The topological polar surface area (TPSA) is 43.3 Å². The fourth-order valence-electron chi connectivity index (χ4n) is 2.49. The second-order valence-corrected chi connectivity index (χ2v) is 5.18. The van der Waals surface area contributed by atoms with E-state index in [9.17, 15) is 4.79 Å². The molecule has 0 atom stereocenters. The van der Waals surface area contributed by atoms with Crippen LogP contribution in [0.3, 0.4) is 0 Å². The maximum absolute atomic E-state index is 12.1. The number of rotatable bonds is 7. The summed E-state index contributed by atoms with van der Waals surface area (Å²) in [5.74, 6) is 0.930. The molecule has 1 amide bonds. The third-order valence-electron chi connectivity index (χ3n) is 3.72. The Kier molecular flexibility index (Phi) is 5.26. The second-order valence-electron chi connectivity index (χ2n) is 5.18. The molecule has 0 unspecified atom stereocenters. The first-order valence-corrected chi connectivity index (χ1v) is 7.69. The molecule has 114 valence electrons. The zero-order valence-corrected chi connectivity index (χ0v) is 13.1. The molecule has 0 aliphatic rings. The molecule has 0 saturated carbocycles. The van der Waals surface area contributed by atoms with Gasteiger partial charge >= 0.3 is 0 Å². The van der Waals surface area contributed by atoms with Crippen LogP contribution in [0, 0.1) is 0 Å². The Hall–Kier alpha value is -1.97. The average Bonchev–Trinajstić information content (AvgIpc) is 2.87. The van der Waals surface area contributed by atoms with E-state index in [1.165, 1.54) is 0 Å². The van der Waals surface area contributed by atoms with Gasteiger partial charge in [0.25, 0.3) is 0 Å². The molecule has 1 heterocycles. The number of aromatic nitrogens is 1. The Morgan fingerprint density at radius 2 is 2.00 bits per heavy atom. The summed E-state index contributed by atoms with van der Waals surface area (Å²) in [4.78, 5) is 12.1. The molecular formula is C17H24N2O2. The lowest BCUT2D eigenvalue weighted by Crippen LogP contribution is -2.36. The van der Waals surface area contributed by atoms with Crippen molar-refractivity contribution in [3.05, 3.63) is 30.5 Å². The second kappa shape index (κ2) is 7.16. The van der Waals surface area contributed by atoms with Crippen molar-refractivity contribution in [2.24, 2.45) is 0 Å². The Morgan fingerprint density at radius 3 is 2.67 bits per heavy atom. The van der Waals surface area contributed by atoms with Gasteiger partial charge in [0.1, 0.15) is 12.3 Å². The molecule has 2 aromatic rings. The first kappa shape index (κ1) is 15.4. The van der Waals surface area contributed by atoms with E-state index < -0.39 is 0 Å². The van der Waals surface area contributed by atoms with Crippen LogP contribution in [0.1, 0.15) is 33.6 Å². The van der Waals surface area contributed by atoms with Gasteiger partial charge in [0.05, 0.1) is 6.61 Å². The molecule has 4 nitrogen and oxygen atoms in total. The van der Waals surface area contributed by atoms with Crippen LogP contribution in [0.2, 0.25) is 0 Å². The molecule has 0 bridgehead atoms. The molecule has 0 fully saturated rings. The molecule has 4 heteroatoms. The molecule has 0 aliphatic heterocycles. The van der Waals surface area contributed by atoms with Gasteiger partial charge in [-0.25, -0.2) is 0 Å². The number of carbonyl (C=O) groups is 1. The molecule has 0 aliphatic carbocycles. The monoisotopic (exact) mass is 288 g/mol. The van der Waals surface area contributed by atoms with Gasteiger partial charge < -0.3 is 14.6 Å². The van der Waals surface area contributed by atoms with E-state index >= 15 is 0 Å². The number of hydrogen-bond acceptors (Lipinski definition) is 2. The summed E-state index contributed by atoms with van der Waals surface area (Å²) in [7, 11) is 0. The number of ether oxygens (including phenoxy) is 1. The lowest BCUT2D eigenvalue weighted by molar-refractivity contribution is -0.122. The van der Waals surface area contributed by atoms with Crippen molar-refractivity contribution >= 4 is 16.8 Å². The number of nitrogens with one attached hydrogen (secondary N) is 1. The lowest BCUT2D eigenvalue weighted by atomic mass is 10.2. The van der Waals surface area contributed by atoms with E-state index in [-0.39, 0.29) is 11.9 Å². The highest BCUT2D eigenvalue weighted by molar-refractivity contribution is 5.84. The van der Waals surface area contributed by atoms with Gasteiger partial charge in [0.2, 0.25) is 5.91 Å². The minimum Gasteiger partial charge on any atom is -0.494 e. The van der Waals surface area contributed by atoms with E-state index in [1.54, 1.807) is 0 Å². The van der Waals surface area contributed by atoms with Crippen molar-refractivity contribution in [3.8, 4) is 5.75 Å². The van der Waals surface area contributed by atoms with Gasteiger partial charge in [-0.05, 0) is 44.0 Å². The zero-order valence-electron chi connectivity index (χ0n) is 13.1. The predicted molar refractivity (Wildman–Crippen MR) is 85.6 cm³/mol. The van der Waals surface area contributed by atoms with Crippen molar-refractivity contribution in [2.75, 3.05) is 6.61 Å². The normalized spacial score (nSPS) is 11.0. The highest BCUT2D eigenvalue weighted by atomic mass is 16.5. The van der Waals surface area contributed by atoms with Crippen LogP contribution >= 0.6 is 0 Å². The fraction of sp³-hybridized carbons (Fsp3) is 0.471. The summed E-state index contributed by atoms with van der Waals surface area (Å²) in [6, 6.07) is 8.24. The highest BCUT2D eigenvalue weighted by Crippen LogP contribution is 2.22. The standard InChI is InChI=1S/C17H24N2O2/c1-4-14(5-2)18-17(20)12-19-10-9-13-11-15(21-6-3)7-8-16(13)19/h7-11,14H,4-6,12H2,1-3H3,(H,18,20). The first-order chi connectivity index (χ1) is 10.2. The van der Waals surface area contributed by atoms with Crippen LogP contribution in [0.15, 0.2) is 30.5 Å². The quantitative estimate of drug-likeness (QED) is 0.849. The summed E-state index contributed by atoms with van der Waals surface area (Å²) in [6.07, 6.45) is 3.88. The van der Waals surface area contributed by atoms with E-state index in [2.05, 4.69) is 19.2 Å². The van der Waals surface area contributed by atoms with Crippen molar-refractivity contribution in [2.45, 2.75) is 46.2 Å². The van der Waals surface area contributed by atoms with Gasteiger partial charge in [-0.2, -0.15) is 0 Å². The van der Waals surface area contributed by atoms with E-state index in [0.29, 0.717) is 13.2 Å². The van der Waals surface area contributed by atoms with Crippen LogP contribution in [0.25, 0.3) is 10.9 Å². The molecule has 1 N–H and O–H groups in total. The number of amides is 1. The third-order valence-corrected chi connectivity index (χ3v) is 3.72. The van der Waals surface area contributed by atoms with Gasteiger partial charge in [-0.15, -0.1) is 0 Å². The summed E-state index contributed by atoms with van der Waals surface area (Å²) in [5.41, 5.74) is 1.05. The summed E-state index contributed by atoms with van der Waals surface area (Å²) in [6.45, 7) is 7.17. The van der Waals surface area contributed by atoms with E-state index in [4.69, 9.17) is 4.74 Å². The molecule has 1 aromatic heterocycles. The van der Waals surface area contributed by atoms with Crippen LogP contribution in [-0.2, 0) is 11.3 Å². The van der Waals surface area contributed by atoms with Crippen LogP contribution in [-0.4, -0.2) is 23.1 Å². The third kappa shape index (κ3) is 3.78. The Balaban J connectivity index is 2.10. The largest absolute Gasteiger partial charge is 0.494 e. The number of carbonyl (C=O) groups excluding carboxylic acids is 1. The van der Waals surface area contributed by atoms with Gasteiger partial charge in [-0.1, -0.05) is 13.8 Å². The minimum absolute atomic E-state index is 0.0649. The first-order valence-electron chi connectivity index (χ1n) is 7.69. The zero-order chi connectivity index (χ0) is 15.2. The summed E-state index contributed by atoms with van der Waals surface area (Å²) >= 11 is 0. The van der Waals surface area contributed by atoms with Gasteiger partial charge in [0, 0.05) is 23.1 Å². The summed E-state index contributed by atoms with van der Waals surface area (Å²) in [5, 5.41) is 4.16. The molecule has 21 heavy (non-hydrogen) atoms. The van der Waals surface area contributed by atoms with Gasteiger partial charge in [-0.3, -0.25) is 4.79 Å². The van der Waals surface area contributed by atoms with Crippen LogP contribution < -0.4 is 10.1 Å². The van der Waals surface area contributed by atoms with Crippen LogP contribution in [0.5, 0.6) is 5.75 Å². The molecule has 1 aromatic carbocycles. The fourth-order valence-corrected chi connectivity index (χ4v) is 2.49. The number of benzene rings is 1. The van der Waals surface area contributed by atoms with Crippen molar-refractivity contribution < 1.29 is 9.53 Å². The smallest absolute Gasteiger partial charge is 0.240 e. The maximum Gasteiger partial charge on any atom is 0.240 e. The SMILES string of the molecule is CCOc1ccc2c(ccn2CC(=O)NC(CC)CC)c1. The molecule has 0 saturated heterocycles. The minimum atomic E-state index is 0.0649. The molecule has 0 spiro atoms. The van der Waals surface area contributed by atoms with Crippen LogP contribution in [0.4, 0.5) is 0 Å². The lowest BCUT2D eigenvalue weighted by Gasteiger charge is -2.15. The summed E-state index contributed by atoms with van der Waals surface area (Å²) < 4.78 is 7.47. The number of nitrogens with zero attached hydrogens (tertiary/aromatic N) is 1. The van der Waals surface area contributed by atoms with Gasteiger partial charge in [0.15, 0.2) is 0 Å². The molecule has 2 rings (SSSR count). The number of hydrogen-bond donors (Lipinski definition) is 1. The Bertz CT molecular complexity index is 600. The maximum atomic E-state index is 12.1. The highest BCUT2D eigenvalue weighted by Gasteiger charge is 2.10. The van der Waals surface area contributed by atoms with Crippen molar-refractivity contribution in [1.82, 2.24) is 9.88 Å². The van der Waals surface area contributed by atoms with E-state index in [0.717, 1.165) is 29.5 Å². The predicted octanol–water partition coefficient (Wildman–Crippen LogP) is 3.34. The molecule has 0 radical (unpaired) electrons. The average molecular weight is 288 g/mol. The van der Waals surface area contributed by atoms with Crippen molar-refractivity contribution in [1.29, 1.82) is 0 Å². The van der Waals surface area contributed by atoms with Crippen molar-refractivity contribution in [3.63, 3.8) is 0 Å². The molecular weight excluding hydrogens is 264 g/mol. The Labute approximate surface area is 126 Å². The number of fused-ring (bicyclic) bond motifs is 1. The van der Waals surface area contributed by atoms with E-state index in [1.807, 2.05) is 42.0 Å².